The van der Waals surface area contributed by atoms with Gasteiger partial charge in [0, 0.05) is 17.7 Å². The van der Waals surface area contributed by atoms with E-state index in [9.17, 15) is 24.6 Å². The minimum absolute atomic E-state index is 0.146. The van der Waals surface area contributed by atoms with E-state index in [1.54, 1.807) is 42.5 Å². The number of amidine groups is 1. The van der Waals surface area contributed by atoms with Gasteiger partial charge in [-0.2, -0.15) is 0 Å². The third-order valence-corrected chi connectivity index (χ3v) is 5.85. The summed E-state index contributed by atoms with van der Waals surface area (Å²) in [6.07, 6.45) is 0. The lowest BCUT2D eigenvalue weighted by Gasteiger charge is -2.20. The maximum Gasteiger partial charge on any atom is 0.336 e. The Hall–Kier alpha value is -4.66. The maximum absolute atomic E-state index is 12.6. The fourth-order valence-electron chi connectivity index (χ4n) is 3.95. The number of nitrogens with one attached hydrogen (secondary N) is 2. The molecule has 0 spiro atoms. The van der Waals surface area contributed by atoms with Gasteiger partial charge >= 0.3 is 11.9 Å². The van der Waals surface area contributed by atoms with Crippen LogP contribution < -0.4 is 15.8 Å². The quantitative estimate of drug-likeness (QED) is 0.207. The van der Waals surface area contributed by atoms with Crippen LogP contribution in [-0.2, 0) is 4.79 Å². The zero-order valence-corrected chi connectivity index (χ0v) is 20.7. The van der Waals surface area contributed by atoms with Gasteiger partial charge in [-0.05, 0) is 52.4 Å². The summed E-state index contributed by atoms with van der Waals surface area (Å²) < 4.78 is 5.34. The third-order valence-electron chi connectivity index (χ3n) is 5.85. The molecule has 0 saturated carbocycles. The second kappa shape index (κ2) is 11.4. The summed E-state index contributed by atoms with van der Waals surface area (Å²) in [6, 6.07) is 15.3. The van der Waals surface area contributed by atoms with Gasteiger partial charge < -0.3 is 26.0 Å². The van der Waals surface area contributed by atoms with Crippen molar-refractivity contribution in [2.24, 2.45) is 11.7 Å². The van der Waals surface area contributed by atoms with Crippen LogP contribution in [0.4, 0.5) is 0 Å². The number of carboxylic acids is 2. The lowest BCUT2D eigenvalue weighted by molar-refractivity contribution is -0.137. The first-order valence-corrected chi connectivity index (χ1v) is 11.5. The number of nitrogens with two attached hydrogens (primary N) is 1. The van der Waals surface area contributed by atoms with Crippen LogP contribution in [0.15, 0.2) is 60.7 Å². The average molecular weight is 504 g/mol. The van der Waals surface area contributed by atoms with Crippen LogP contribution in [0.3, 0.4) is 0 Å². The predicted octanol–water partition coefficient (Wildman–Crippen LogP) is 3.95. The van der Waals surface area contributed by atoms with Crippen molar-refractivity contribution in [1.29, 1.82) is 5.41 Å². The molecule has 0 heterocycles. The van der Waals surface area contributed by atoms with Crippen LogP contribution in [-0.4, -0.2) is 47.5 Å². The molecule has 0 bridgehead atoms. The number of carbonyl (C=O) groups excluding carboxylic acids is 1. The van der Waals surface area contributed by atoms with Gasteiger partial charge in [0.15, 0.2) is 0 Å². The Morgan fingerprint density at radius 3 is 2.14 bits per heavy atom. The predicted molar refractivity (Wildman–Crippen MR) is 139 cm³/mol. The molecule has 0 fully saturated rings. The first-order valence-electron chi connectivity index (χ1n) is 11.5. The molecule has 3 aromatic carbocycles. The Labute approximate surface area is 214 Å². The third kappa shape index (κ3) is 6.13. The minimum Gasteiger partial charge on any atom is -0.497 e. The number of hydrogen-bond donors (Lipinski definition) is 5. The average Bonchev–Trinajstić information content (AvgIpc) is 2.87. The summed E-state index contributed by atoms with van der Waals surface area (Å²) in [5.74, 6) is -3.49. The molecule has 0 aliphatic rings. The standard InChI is InChI=1S/C28H29N3O6/c1-15(2)14-31-26(32)18-8-10-20(23(12-18)27(33)34)22-13-19(37-3)9-11-21(22)24(28(35)36)16-4-6-17(7-5-16)25(29)30/h4-13,15,24H,14H2,1-3H3,(H3,29,30)(H,31,32)(H,33,34)(H,35,36). The molecule has 9 nitrogen and oxygen atoms in total. The van der Waals surface area contributed by atoms with Crippen LogP contribution in [0.5, 0.6) is 5.75 Å². The number of aromatic carboxylic acids is 1. The number of ether oxygens (including phenoxy) is 1. The van der Waals surface area contributed by atoms with E-state index in [0.717, 1.165) is 0 Å². The maximum atomic E-state index is 12.6. The zero-order valence-electron chi connectivity index (χ0n) is 20.7. The Morgan fingerprint density at radius 2 is 1.59 bits per heavy atom. The molecule has 0 aliphatic carbocycles. The van der Waals surface area contributed by atoms with Gasteiger partial charge in [-0.25, -0.2) is 4.79 Å². The number of carboxylic acid groups (broad SMARTS) is 2. The Balaban J connectivity index is 2.19. The largest absolute Gasteiger partial charge is 0.497 e. The highest BCUT2D eigenvalue weighted by Gasteiger charge is 2.28. The number of rotatable bonds is 10. The highest BCUT2D eigenvalue weighted by atomic mass is 16.5. The van der Waals surface area contributed by atoms with Gasteiger partial charge in [0.25, 0.3) is 5.91 Å². The summed E-state index contributed by atoms with van der Waals surface area (Å²) in [6.45, 7) is 4.33. The Morgan fingerprint density at radius 1 is 0.946 bits per heavy atom. The molecule has 1 amide bonds. The van der Waals surface area contributed by atoms with E-state index in [-0.39, 0.29) is 28.4 Å². The zero-order chi connectivity index (χ0) is 27.3. The summed E-state index contributed by atoms with van der Waals surface area (Å²) >= 11 is 0. The molecule has 0 saturated heterocycles. The van der Waals surface area contributed by atoms with E-state index in [1.165, 1.54) is 25.3 Å². The van der Waals surface area contributed by atoms with E-state index in [2.05, 4.69) is 5.32 Å². The highest BCUT2D eigenvalue weighted by Crippen LogP contribution is 2.38. The summed E-state index contributed by atoms with van der Waals surface area (Å²) in [7, 11) is 1.45. The molecular formula is C28H29N3O6. The number of amides is 1. The first-order chi connectivity index (χ1) is 17.5. The number of benzene rings is 3. The second-order valence-corrected chi connectivity index (χ2v) is 8.93. The van der Waals surface area contributed by atoms with Crippen molar-refractivity contribution in [3.05, 3.63) is 88.5 Å². The highest BCUT2D eigenvalue weighted by molar-refractivity contribution is 6.02. The smallest absolute Gasteiger partial charge is 0.336 e. The minimum atomic E-state index is -1.26. The summed E-state index contributed by atoms with van der Waals surface area (Å²) in [5.41, 5.74) is 7.35. The van der Waals surface area contributed by atoms with E-state index in [4.69, 9.17) is 15.9 Å². The van der Waals surface area contributed by atoms with Crippen LogP contribution in [0, 0.1) is 11.3 Å². The molecule has 192 valence electrons. The topological polar surface area (TPSA) is 163 Å². The van der Waals surface area contributed by atoms with Gasteiger partial charge in [0.05, 0.1) is 12.7 Å². The van der Waals surface area contributed by atoms with Gasteiger partial charge in [0.2, 0.25) is 0 Å². The Bertz CT molecular complexity index is 1350. The van der Waals surface area contributed by atoms with Gasteiger partial charge in [-0.15, -0.1) is 0 Å². The number of nitrogen functional groups attached to an aromatic ring is 1. The lowest BCUT2D eigenvalue weighted by atomic mass is 9.84. The van der Waals surface area contributed by atoms with Crippen molar-refractivity contribution < 1.29 is 29.3 Å². The van der Waals surface area contributed by atoms with Crippen LogP contribution in [0.2, 0.25) is 0 Å². The normalized spacial score (nSPS) is 11.6. The summed E-state index contributed by atoms with van der Waals surface area (Å²) in [4.78, 5) is 37.3. The van der Waals surface area contributed by atoms with E-state index >= 15 is 0 Å². The SMILES string of the molecule is COc1ccc(C(C(=O)O)c2ccc(C(=N)N)cc2)c(-c2ccc(C(=O)NCC(C)C)cc2C(=O)O)c1. The number of carbonyl (C=O) groups is 3. The molecule has 1 atom stereocenters. The molecule has 0 aromatic heterocycles. The van der Waals surface area contributed by atoms with Crippen molar-refractivity contribution in [2.45, 2.75) is 19.8 Å². The van der Waals surface area contributed by atoms with Crippen molar-refractivity contribution in [3.63, 3.8) is 0 Å². The van der Waals surface area contributed by atoms with Crippen molar-refractivity contribution in [2.75, 3.05) is 13.7 Å². The lowest BCUT2D eigenvalue weighted by Crippen LogP contribution is -2.27. The molecule has 0 radical (unpaired) electrons. The van der Waals surface area contributed by atoms with Crippen LogP contribution >= 0.6 is 0 Å². The molecule has 37 heavy (non-hydrogen) atoms. The van der Waals surface area contributed by atoms with E-state index in [0.29, 0.717) is 34.5 Å². The molecule has 0 aliphatic heterocycles. The van der Waals surface area contributed by atoms with Gasteiger partial charge in [0.1, 0.15) is 17.5 Å². The fourth-order valence-corrected chi connectivity index (χ4v) is 3.95. The second-order valence-electron chi connectivity index (χ2n) is 8.93. The summed E-state index contributed by atoms with van der Waals surface area (Å²) in [5, 5.41) is 30.5. The number of methoxy groups -OCH3 is 1. The van der Waals surface area contributed by atoms with Gasteiger partial charge in [-0.3, -0.25) is 15.0 Å². The monoisotopic (exact) mass is 503 g/mol. The molecule has 1 unspecified atom stereocenters. The number of hydrogen-bond acceptors (Lipinski definition) is 5. The first kappa shape index (κ1) is 26.9. The van der Waals surface area contributed by atoms with Crippen molar-refractivity contribution in [1.82, 2.24) is 5.32 Å². The molecule has 3 rings (SSSR count). The fraction of sp³-hybridized carbons (Fsp3) is 0.214. The molecular weight excluding hydrogens is 474 g/mol. The van der Waals surface area contributed by atoms with Crippen molar-refractivity contribution in [3.8, 4) is 16.9 Å². The number of aliphatic carboxylic acids is 1. The van der Waals surface area contributed by atoms with Crippen LogP contribution in [0.1, 0.15) is 57.2 Å². The van der Waals surface area contributed by atoms with Gasteiger partial charge in [-0.1, -0.05) is 50.2 Å². The molecule has 9 heteroatoms. The van der Waals surface area contributed by atoms with Crippen LogP contribution in [0.25, 0.3) is 11.1 Å². The molecule has 6 N–H and O–H groups in total. The van der Waals surface area contributed by atoms with Crippen molar-refractivity contribution >= 4 is 23.7 Å². The molecule has 3 aromatic rings. The van der Waals surface area contributed by atoms with E-state index in [1.807, 2.05) is 13.8 Å². The van der Waals surface area contributed by atoms with E-state index < -0.39 is 23.8 Å². The Kier molecular flexibility index (Phi) is 8.29.